The molecule has 0 aliphatic rings. The summed E-state index contributed by atoms with van der Waals surface area (Å²) < 4.78 is 7.81. The van der Waals surface area contributed by atoms with Crippen LogP contribution in [-0.2, 0) is 14.3 Å². The van der Waals surface area contributed by atoms with Crippen molar-refractivity contribution in [3.8, 4) is 0 Å². The van der Waals surface area contributed by atoms with Gasteiger partial charge in [-0.15, -0.1) is 0 Å². The molecular weight excluding hydrogens is 252 g/mol. The first-order chi connectivity index (χ1) is 8.61. The Labute approximate surface area is 110 Å². The van der Waals surface area contributed by atoms with E-state index in [4.69, 9.17) is 4.74 Å². The Kier molecular flexibility index (Phi) is 6.07. The van der Waals surface area contributed by atoms with Gasteiger partial charge < -0.3 is 14.8 Å². The molecule has 0 fully saturated rings. The summed E-state index contributed by atoms with van der Waals surface area (Å²) in [5, 5.41) is 2.68. The molecule has 0 heterocycles. The van der Waals surface area contributed by atoms with Gasteiger partial charge in [-0.05, 0) is 37.1 Å². The highest BCUT2D eigenvalue weighted by Crippen LogP contribution is 2.18. The minimum absolute atomic E-state index is 0.119. The number of hydrogen-bond donors (Lipinski definition) is 2. The third kappa shape index (κ3) is 5.58. The van der Waals surface area contributed by atoms with E-state index in [1.807, 2.05) is 12.1 Å². The standard InChI is InChI=1S/C12H16N2O3S/c1-3-17-12(16)8-18-14-11-6-4-5-10(7-11)13-9(2)15/h4-7,14H,3,8H2,1-2H3,(H,13,15). The number of nitrogens with one attached hydrogen (secondary N) is 2. The van der Waals surface area contributed by atoms with Crippen LogP contribution in [0.15, 0.2) is 24.3 Å². The summed E-state index contributed by atoms with van der Waals surface area (Å²) >= 11 is 1.24. The minimum atomic E-state index is -0.256. The van der Waals surface area contributed by atoms with E-state index >= 15 is 0 Å². The van der Waals surface area contributed by atoms with Crippen molar-refractivity contribution in [1.29, 1.82) is 0 Å². The fourth-order valence-corrected chi connectivity index (χ4v) is 1.81. The average molecular weight is 268 g/mol. The number of benzene rings is 1. The molecule has 0 spiro atoms. The maximum Gasteiger partial charge on any atom is 0.317 e. The van der Waals surface area contributed by atoms with Gasteiger partial charge in [0.25, 0.3) is 0 Å². The molecule has 0 saturated heterocycles. The summed E-state index contributed by atoms with van der Waals surface area (Å²) in [6, 6.07) is 7.25. The van der Waals surface area contributed by atoms with Crippen molar-refractivity contribution in [2.75, 3.05) is 22.4 Å². The van der Waals surface area contributed by atoms with Crippen molar-refractivity contribution in [2.45, 2.75) is 13.8 Å². The van der Waals surface area contributed by atoms with Crippen molar-refractivity contribution in [1.82, 2.24) is 0 Å². The van der Waals surface area contributed by atoms with Gasteiger partial charge in [0.15, 0.2) is 0 Å². The molecule has 0 aliphatic heterocycles. The zero-order valence-electron chi connectivity index (χ0n) is 10.4. The Morgan fingerprint density at radius 1 is 1.33 bits per heavy atom. The first-order valence-electron chi connectivity index (χ1n) is 5.53. The molecule has 1 aromatic carbocycles. The number of esters is 1. The van der Waals surface area contributed by atoms with Crippen molar-refractivity contribution in [2.24, 2.45) is 0 Å². The molecular formula is C12H16N2O3S. The monoisotopic (exact) mass is 268 g/mol. The van der Waals surface area contributed by atoms with Crippen LogP contribution in [-0.4, -0.2) is 24.2 Å². The number of anilines is 2. The van der Waals surface area contributed by atoms with Crippen LogP contribution in [0.4, 0.5) is 11.4 Å². The highest BCUT2D eigenvalue weighted by atomic mass is 32.2. The van der Waals surface area contributed by atoms with Crippen LogP contribution in [0.3, 0.4) is 0 Å². The van der Waals surface area contributed by atoms with E-state index in [0.29, 0.717) is 12.3 Å². The van der Waals surface area contributed by atoms with Crippen LogP contribution in [0.2, 0.25) is 0 Å². The van der Waals surface area contributed by atoms with Crippen molar-refractivity contribution >= 4 is 35.2 Å². The quantitative estimate of drug-likeness (QED) is 0.612. The molecule has 0 atom stereocenters. The predicted octanol–water partition coefficient (Wildman–Crippen LogP) is 2.27. The first-order valence-corrected chi connectivity index (χ1v) is 6.51. The molecule has 2 N–H and O–H groups in total. The maximum atomic E-state index is 11.1. The number of amides is 1. The SMILES string of the molecule is CCOC(=O)CSNc1cccc(NC(C)=O)c1. The summed E-state index contributed by atoms with van der Waals surface area (Å²) in [5.74, 6) is -0.141. The van der Waals surface area contributed by atoms with Crippen LogP contribution in [0.25, 0.3) is 0 Å². The van der Waals surface area contributed by atoms with Crippen molar-refractivity contribution in [3.05, 3.63) is 24.3 Å². The van der Waals surface area contributed by atoms with E-state index in [0.717, 1.165) is 5.69 Å². The van der Waals surface area contributed by atoms with Gasteiger partial charge in [-0.3, -0.25) is 9.59 Å². The van der Waals surface area contributed by atoms with Gasteiger partial charge in [0, 0.05) is 18.3 Å². The van der Waals surface area contributed by atoms with E-state index in [1.54, 1.807) is 19.1 Å². The molecule has 0 aliphatic carbocycles. The molecule has 1 aromatic rings. The van der Waals surface area contributed by atoms with E-state index in [1.165, 1.54) is 18.9 Å². The molecule has 0 aromatic heterocycles. The lowest BCUT2D eigenvalue weighted by atomic mass is 10.3. The Hall–Kier alpha value is -1.69. The highest BCUT2D eigenvalue weighted by molar-refractivity contribution is 8.01. The molecule has 0 unspecified atom stereocenters. The fraction of sp³-hybridized carbons (Fsp3) is 0.333. The second-order valence-corrected chi connectivity index (χ2v) is 4.24. The number of hydrogen-bond acceptors (Lipinski definition) is 5. The van der Waals surface area contributed by atoms with Gasteiger partial charge in [-0.1, -0.05) is 6.07 Å². The smallest absolute Gasteiger partial charge is 0.317 e. The average Bonchev–Trinajstić information content (AvgIpc) is 2.29. The topological polar surface area (TPSA) is 67.4 Å². The predicted molar refractivity (Wildman–Crippen MR) is 73.5 cm³/mol. The third-order valence-electron chi connectivity index (χ3n) is 1.87. The van der Waals surface area contributed by atoms with Crippen LogP contribution >= 0.6 is 11.9 Å². The third-order valence-corrected chi connectivity index (χ3v) is 2.63. The van der Waals surface area contributed by atoms with E-state index in [2.05, 4.69) is 10.0 Å². The Morgan fingerprint density at radius 2 is 2.06 bits per heavy atom. The molecule has 18 heavy (non-hydrogen) atoms. The summed E-state index contributed by atoms with van der Waals surface area (Å²) in [7, 11) is 0. The molecule has 5 nitrogen and oxygen atoms in total. The normalized spacial score (nSPS) is 9.67. The lowest BCUT2D eigenvalue weighted by Gasteiger charge is -2.07. The van der Waals surface area contributed by atoms with E-state index in [-0.39, 0.29) is 17.6 Å². The number of rotatable bonds is 6. The van der Waals surface area contributed by atoms with Crippen LogP contribution in [0.5, 0.6) is 0 Å². The number of ether oxygens (including phenoxy) is 1. The van der Waals surface area contributed by atoms with Crippen LogP contribution < -0.4 is 10.0 Å². The molecule has 0 radical (unpaired) electrons. The molecule has 0 saturated carbocycles. The van der Waals surface area contributed by atoms with Gasteiger partial charge >= 0.3 is 5.97 Å². The molecule has 6 heteroatoms. The largest absolute Gasteiger partial charge is 0.465 e. The Balaban J connectivity index is 2.42. The summed E-state index contributed by atoms with van der Waals surface area (Å²) in [6.07, 6.45) is 0. The summed E-state index contributed by atoms with van der Waals surface area (Å²) in [5.41, 5.74) is 1.53. The van der Waals surface area contributed by atoms with Crippen LogP contribution in [0, 0.1) is 0 Å². The number of carbonyl (C=O) groups is 2. The van der Waals surface area contributed by atoms with Gasteiger partial charge in [-0.2, -0.15) is 0 Å². The van der Waals surface area contributed by atoms with Crippen LogP contribution in [0.1, 0.15) is 13.8 Å². The van der Waals surface area contributed by atoms with Crippen molar-refractivity contribution < 1.29 is 14.3 Å². The molecule has 1 rings (SSSR count). The lowest BCUT2D eigenvalue weighted by Crippen LogP contribution is -2.08. The Morgan fingerprint density at radius 3 is 2.72 bits per heavy atom. The summed E-state index contributed by atoms with van der Waals surface area (Å²) in [4.78, 5) is 22.0. The molecule has 98 valence electrons. The van der Waals surface area contributed by atoms with E-state index in [9.17, 15) is 9.59 Å². The lowest BCUT2D eigenvalue weighted by molar-refractivity contribution is -0.139. The zero-order chi connectivity index (χ0) is 13.4. The van der Waals surface area contributed by atoms with Crippen molar-refractivity contribution in [3.63, 3.8) is 0 Å². The number of carbonyl (C=O) groups excluding carboxylic acids is 2. The first kappa shape index (κ1) is 14.4. The fourth-order valence-electron chi connectivity index (χ4n) is 1.24. The van der Waals surface area contributed by atoms with Gasteiger partial charge in [0.1, 0.15) is 5.75 Å². The molecule has 0 bridgehead atoms. The maximum absolute atomic E-state index is 11.1. The second kappa shape index (κ2) is 7.60. The van der Waals surface area contributed by atoms with Gasteiger partial charge in [-0.25, -0.2) is 0 Å². The highest BCUT2D eigenvalue weighted by Gasteiger charge is 2.02. The summed E-state index contributed by atoms with van der Waals surface area (Å²) in [6.45, 7) is 3.61. The molecule has 1 amide bonds. The van der Waals surface area contributed by atoms with E-state index < -0.39 is 0 Å². The zero-order valence-corrected chi connectivity index (χ0v) is 11.2. The van der Waals surface area contributed by atoms with Gasteiger partial charge in [0.2, 0.25) is 5.91 Å². The second-order valence-electron chi connectivity index (χ2n) is 3.46. The van der Waals surface area contributed by atoms with Gasteiger partial charge in [0.05, 0.1) is 6.61 Å². The Bertz CT molecular complexity index is 424. The minimum Gasteiger partial charge on any atom is -0.465 e.